The Balaban J connectivity index is 0.775. The number of carbonyl (C=O) groups is 3. The zero-order valence-electron chi connectivity index (χ0n) is 36.1. The zero-order chi connectivity index (χ0) is 43.8. The van der Waals surface area contributed by atoms with Crippen LogP contribution in [-0.4, -0.2) is 100 Å². The van der Waals surface area contributed by atoms with Crippen molar-refractivity contribution in [3.05, 3.63) is 102 Å². The maximum Gasteiger partial charge on any atom is 0.328 e. The lowest BCUT2D eigenvalue weighted by Crippen LogP contribution is -2.49. The molecule has 0 spiro atoms. The van der Waals surface area contributed by atoms with Crippen LogP contribution in [0, 0.1) is 18.7 Å². The van der Waals surface area contributed by atoms with E-state index in [2.05, 4.69) is 62.6 Å². The Bertz CT molecular complexity index is 2660. The normalized spacial score (nSPS) is 16.8. The third kappa shape index (κ3) is 8.98. The molecule has 3 aliphatic heterocycles. The lowest BCUT2D eigenvalue weighted by Gasteiger charge is -2.40. The maximum absolute atomic E-state index is 15.9. The van der Waals surface area contributed by atoms with Crippen LogP contribution in [0.4, 0.5) is 26.2 Å². The topological polar surface area (TPSA) is 169 Å². The molecule has 3 aromatic carbocycles. The van der Waals surface area contributed by atoms with E-state index in [0.29, 0.717) is 36.0 Å². The number of halogens is 1. The number of urea groups is 1. The highest BCUT2D eigenvalue weighted by Gasteiger charge is 2.28. The molecule has 0 saturated carbocycles. The summed E-state index contributed by atoms with van der Waals surface area (Å²) in [4.78, 5) is 61.9. The van der Waals surface area contributed by atoms with Gasteiger partial charge in [-0.2, -0.15) is 4.98 Å². The molecule has 16 heteroatoms. The second kappa shape index (κ2) is 17.2. The predicted octanol–water partition coefficient (Wildman–Crippen LogP) is 6.83. The van der Waals surface area contributed by atoms with Gasteiger partial charge in [-0.05, 0) is 85.3 Å². The summed E-state index contributed by atoms with van der Waals surface area (Å²) in [6, 6.07) is 21.1. The Kier molecular flexibility index (Phi) is 11.4. The maximum atomic E-state index is 15.9. The van der Waals surface area contributed by atoms with E-state index in [-0.39, 0.29) is 35.6 Å². The van der Waals surface area contributed by atoms with Gasteiger partial charge in [0.1, 0.15) is 17.8 Å². The summed E-state index contributed by atoms with van der Waals surface area (Å²) >= 11 is 0. The number of aromatic nitrogens is 5. The van der Waals surface area contributed by atoms with Crippen LogP contribution in [0.1, 0.15) is 67.7 Å². The second-order valence-corrected chi connectivity index (χ2v) is 17.8. The third-order valence-corrected chi connectivity index (χ3v) is 12.5. The third-order valence-electron chi connectivity index (χ3n) is 12.5. The average Bonchev–Trinajstić information content (AvgIpc) is 3.96. The number of aryl methyl sites for hydroxylation is 1. The highest BCUT2D eigenvalue weighted by atomic mass is 19.1. The number of piperazine rings is 1. The number of piperidine rings is 1. The fourth-order valence-electron chi connectivity index (χ4n) is 8.73. The van der Waals surface area contributed by atoms with Crippen LogP contribution in [0.25, 0.3) is 33.5 Å². The van der Waals surface area contributed by atoms with E-state index in [0.717, 1.165) is 109 Å². The highest BCUT2D eigenvalue weighted by Crippen LogP contribution is 2.34. The fourth-order valence-corrected chi connectivity index (χ4v) is 8.73. The molecule has 0 bridgehead atoms. The first-order valence-electron chi connectivity index (χ1n) is 21.7. The summed E-state index contributed by atoms with van der Waals surface area (Å²) in [6.45, 7) is 14.8. The van der Waals surface area contributed by atoms with Crippen molar-refractivity contribution in [2.75, 3.05) is 67.1 Å². The van der Waals surface area contributed by atoms with Gasteiger partial charge in [-0.15, -0.1) is 0 Å². The minimum absolute atomic E-state index is 0.0658. The van der Waals surface area contributed by atoms with Gasteiger partial charge in [-0.25, -0.2) is 19.2 Å². The van der Waals surface area contributed by atoms with E-state index in [4.69, 9.17) is 4.52 Å². The molecule has 3 aromatic heterocycles. The summed E-state index contributed by atoms with van der Waals surface area (Å²) < 4.78 is 21.1. The molecule has 3 fully saturated rings. The number of anilines is 3. The van der Waals surface area contributed by atoms with Crippen molar-refractivity contribution in [3.63, 3.8) is 0 Å². The van der Waals surface area contributed by atoms with E-state index >= 15 is 4.39 Å². The molecule has 0 atom stereocenters. The molecule has 15 nitrogen and oxygen atoms in total. The number of imide groups is 1. The van der Waals surface area contributed by atoms with Crippen LogP contribution < -0.4 is 25.3 Å². The minimum Gasteiger partial charge on any atom is -0.372 e. The summed E-state index contributed by atoms with van der Waals surface area (Å²) in [5, 5.41) is 10.0. The fraction of sp³-hybridized carbons (Fsp3) is 0.383. The number of benzene rings is 3. The Labute approximate surface area is 365 Å². The van der Waals surface area contributed by atoms with E-state index in [1.54, 1.807) is 11.0 Å². The van der Waals surface area contributed by atoms with Crippen molar-refractivity contribution in [2.24, 2.45) is 5.92 Å². The van der Waals surface area contributed by atoms with Gasteiger partial charge in [-0.1, -0.05) is 44.1 Å². The molecule has 0 aliphatic carbocycles. The summed E-state index contributed by atoms with van der Waals surface area (Å²) in [7, 11) is 0. The first-order chi connectivity index (χ1) is 30.4. The Morgan fingerprint density at radius 3 is 2.32 bits per heavy atom. The molecule has 3 saturated heterocycles. The number of nitrogens with zero attached hydrogens (tertiary/aromatic N) is 8. The van der Waals surface area contributed by atoms with Gasteiger partial charge in [0.25, 0.3) is 0 Å². The van der Waals surface area contributed by atoms with E-state index in [1.165, 1.54) is 6.33 Å². The Morgan fingerprint density at radius 2 is 1.62 bits per heavy atom. The molecule has 63 heavy (non-hydrogen) atoms. The van der Waals surface area contributed by atoms with Crippen LogP contribution in [0.3, 0.4) is 0 Å². The predicted molar refractivity (Wildman–Crippen MR) is 239 cm³/mol. The average molecular weight is 854 g/mol. The molecule has 9 rings (SSSR count). The van der Waals surface area contributed by atoms with Crippen molar-refractivity contribution >= 4 is 45.9 Å². The van der Waals surface area contributed by atoms with Gasteiger partial charge in [0.2, 0.25) is 5.91 Å². The first kappa shape index (κ1) is 41.7. The SMILES string of the molecule is Cc1cc(-c2ncnc3[nH]c(-c4ccc(N5CCN(CC6CCN(c7ccc(N8CCC(=O)NC8=O)cc7)CC6)CC5)c(F)c4)cc23)ccc1CNC(=O)c1nc(C(C)(C)C)no1. The number of hydrogen-bond acceptors (Lipinski definition) is 11. The van der Waals surface area contributed by atoms with Gasteiger partial charge in [-0.3, -0.25) is 24.7 Å². The molecule has 326 valence electrons. The van der Waals surface area contributed by atoms with Crippen molar-refractivity contribution < 1.29 is 23.3 Å². The number of H-pyrrole nitrogens is 1. The van der Waals surface area contributed by atoms with Crippen LogP contribution in [0.2, 0.25) is 0 Å². The van der Waals surface area contributed by atoms with Crippen LogP contribution in [-0.2, 0) is 16.8 Å². The molecule has 0 unspecified atom stereocenters. The van der Waals surface area contributed by atoms with Crippen molar-refractivity contribution in [2.45, 2.75) is 58.9 Å². The second-order valence-electron chi connectivity index (χ2n) is 17.8. The van der Waals surface area contributed by atoms with Crippen LogP contribution in [0.15, 0.2) is 77.6 Å². The van der Waals surface area contributed by atoms with Gasteiger partial charge in [0.15, 0.2) is 5.82 Å². The number of amides is 4. The Hall–Kier alpha value is -6.68. The number of fused-ring (bicyclic) bond motifs is 1. The van der Waals surface area contributed by atoms with Gasteiger partial charge >= 0.3 is 17.8 Å². The number of carbonyl (C=O) groups excluding carboxylic acids is 3. The van der Waals surface area contributed by atoms with Crippen molar-refractivity contribution in [1.29, 1.82) is 0 Å². The number of nitrogens with one attached hydrogen (secondary N) is 3. The number of rotatable bonds is 10. The molecule has 3 N–H and O–H groups in total. The molecule has 6 aromatic rings. The summed E-state index contributed by atoms with van der Waals surface area (Å²) in [6.07, 6.45) is 4.04. The summed E-state index contributed by atoms with van der Waals surface area (Å²) in [5.41, 5.74) is 7.91. The monoisotopic (exact) mass is 853 g/mol. The number of hydrogen-bond donors (Lipinski definition) is 3. The molecule has 3 aliphatic rings. The molecule has 4 amide bonds. The quantitative estimate of drug-likeness (QED) is 0.132. The van der Waals surface area contributed by atoms with Crippen LogP contribution >= 0.6 is 0 Å². The van der Waals surface area contributed by atoms with E-state index in [9.17, 15) is 14.4 Å². The van der Waals surface area contributed by atoms with Crippen LogP contribution in [0.5, 0.6) is 0 Å². The molecule has 6 heterocycles. The van der Waals surface area contributed by atoms with Gasteiger partial charge in [0, 0.05) is 104 Å². The standard InChI is InChI=1S/C47H52FN11O4/c1-29-23-32(5-6-33(29)26-49-43(61)44-54-45(55-63-44)47(2,3)4)41-36-25-38(52-42(36)51-28-50-41)31-7-12-39(37(48)24-31)58-21-19-56(20-22-58)27-30-13-16-57(17-14-30)34-8-10-35(11-9-34)59-18-15-40(60)53-46(59)62/h5-12,23-25,28,30H,13-22,26-27H2,1-4H3,(H,49,61)(H,50,51,52)(H,53,60,62). The minimum atomic E-state index is -0.430. The lowest BCUT2D eigenvalue weighted by molar-refractivity contribution is -0.120. The lowest BCUT2D eigenvalue weighted by atomic mass is 9.95. The Morgan fingerprint density at radius 1 is 0.873 bits per heavy atom. The van der Waals surface area contributed by atoms with E-state index < -0.39 is 5.91 Å². The summed E-state index contributed by atoms with van der Waals surface area (Å²) in [5.74, 6) is 0.0926. The van der Waals surface area contributed by atoms with Gasteiger partial charge in [0.05, 0.1) is 11.4 Å². The molecular formula is C47H52FN11O4. The smallest absolute Gasteiger partial charge is 0.328 e. The zero-order valence-corrected chi connectivity index (χ0v) is 36.1. The largest absolute Gasteiger partial charge is 0.372 e. The molecular weight excluding hydrogens is 802 g/mol. The number of aromatic amines is 1. The molecule has 0 radical (unpaired) electrons. The van der Waals surface area contributed by atoms with Gasteiger partial charge < -0.3 is 24.6 Å². The van der Waals surface area contributed by atoms with Crippen molar-refractivity contribution in [3.8, 4) is 22.5 Å². The van der Waals surface area contributed by atoms with E-state index in [1.807, 2.05) is 76.2 Å². The first-order valence-corrected chi connectivity index (χ1v) is 21.7. The van der Waals surface area contributed by atoms with Crippen molar-refractivity contribution in [1.82, 2.24) is 40.6 Å². The highest BCUT2D eigenvalue weighted by molar-refractivity contribution is 6.05.